The summed E-state index contributed by atoms with van der Waals surface area (Å²) in [5, 5.41) is 0.614. The normalized spacial score (nSPS) is 11.5. The minimum absolute atomic E-state index is 0.228. The second kappa shape index (κ2) is 4.20. The topological polar surface area (TPSA) is 35.2 Å². The molecule has 0 amide bonds. The summed E-state index contributed by atoms with van der Waals surface area (Å²) in [6.07, 6.45) is 0. The Labute approximate surface area is 90.0 Å². The van der Waals surface area contributed by atoms with Crippen LogP contribution in [0.1, 0.15) is 26.3 Å². The monoisotopic (exact) mass is 213 g/mol. The summed E-state index contributed by atoms with van der Waals surface area (Å²) in [6, 6.07) is 5.62. The number of halogens is 1. The lowest BCUT2D eigenvalue weighted by molar-refractivity contribution is 0.131. The van der Waals surface area contributed by atoms with E-state index < -0.39 is 0 Å². The van der Waals surface area contributed by atoms with Crippen LogP contribution in [0.25, 0.3) is 0 Å². The van der Waals surface area contributed by atoms with E-state index in [0.29, 0.717) is 17.3 Å². The van der Waals surface area contributed by atoms with Crippen molar-refractivity contribution in [2.75, 3.05) is 0 Å². The molecule has 1 aromatic carbocycles. The second-order valence-corrected chi connectivity index (χ2v) is 4.59. The molecule has 78 valence electrons. The van der Waals surface area contributed by atoms with Crippen LogP contribution in [0.4, 0.5) is 0 Å². The zero-order valence-electron chi connectivity index (χ0n) is 8.80. The summed E-state index contributed by atoms with van der Waals surface area (Å²) < 4.78 is 5.66. The molecular formula is C11H16ClNO. The van der Waals surface area contributed by atoms with Gasteiger partial charge in [-0.2, -0.15) is 0 Å². The van der Waals surface area contributed by atoms with Crippen LogP contribution in [0, 0.1) is 0 Å². The average Bonchev–Trinajstić information content (AvgIpc) is 2.06. The summed E-state index contributed by atoms with van der Waals surface area (Å²) in [5.74, 6) is 0.705. The molecule has 0 atom stereocenters. The van der Waals surface area contributed by atoms with Gasteiger partial charge in [0.2, 0.25) is 0 Å². The van der Waals surface area contributed by atoms with Crippen molar-refractivity contribution in [2.24, 2.45) is 5.73 Å². The number of hydrogen-bond donors (Lipinski definition) is 1. The molecule has 2 N–H and O–H groups in total. The number of benzene rings is 1. The first-order valence-corrected chi connectivity index (χ1v) is 4.98. The SMILES string of the molecule is CC(C)(C)Oc1ccc(CN)cc1Cl. The summed E-state index contributed by atoms with van der Waals surface area (Å²) in [6.45, 7) is 6.45. The molecule has 0 aliphatic heterocycles. The smallest absolute Gasteiger partial charge is 0.138 e. The zero-order valence-corrected chi connectivity index (χ0v) is 9.56. The van der Waals surface area contributed by atoms with E-state index >= 15 is 0 Å². The van der Waals surface area contributed by atoms with Crippen LogP contribution in [-0.4, -0.2) is 5.60 Å². The number of rotatable bonds is 2. The van der Waals surface area contributed by atoms with Crippen LogP contribution in [0.2, 0.25) is 5.02 Å². The fraction of sp³-hybridized carbons (Fsp3) is 0.455. The van der Waals surface area contributed by atoms with E-state index in [1.165, 1.54) is 0 Å². The van der Waals surface area contributed by atoms with Gasteiger partial charge < -0.3 is 10.5 Å². The van der Waals surface area contributed by atoms with Gasteiger partial charge >= 0.3 is 0 Å². The molecule has 0 unspecified atom stereocenters. The Morgan fingerprint density at radius 1 is 1.36 bits per heavy atom. The highest BCUT2D eigenvalue weighted by molar-refractivity contribution is 6.32. The van der Waals surface area contributed by atoms with Gasteiger partial charge in [-0.05, 0) is 38.5 Å². The van der Waals surface area contributed by atoms with Gasteiger partial charge in [-0.25, -0.2) is 0 Å². The van der Waals surface area contributed by atoms with Gasteiger partial charge in [0.15, 0.2) is 0 Å². The molecule has 0 saturated carbocycles. The fourth-order valence-corrected chi connectivity index (χ4v) is 1.33. The number of nitrogens with two attached hydrogens (primary N) is 1. The maximum atomic E-state index is 6.03. The van der Waals surface area contributed by atoms with Crippen LogP contribution in [0.5, 0.6) is 5.75 Å². The summed E-state index contributed by atoms with van der Waals surface area (Å²) in [5.41, 5.74) is 6.28. The van der Waals surface area contributed by atoms with Gasteiger partial charge in [0, 0.05) is 6.54 Å². The molecule has 1 aromatic rings. The molecule has 0 aliphatic rings. The largest absolute Gasteiger partial charge is 0.487 e. The van der Waals surface area contributed by atoms with Gasteiger partial charge in [0.25, 0.3) is 0 Å². The minimum atomic E-state index is -0.228. The third kappa shape index (κ3) is 3.20. The molecule has 0 heterocycles. The first kappa shape index (κ1) is 11.3. The molecule has 0 aromatic heterocycles. The Hall–Kier alpha value is -0.730. The van der Waals surface area contributed by atoms with E-state index in [1.807, 2.05) is 39.0 Å². The van der Waals surface area contributed by atoms with Crippen molar-refractivity contribution in [1.82, 2.24) is 0 Å². The Morgan fingerprint density at radius 2 is 2.00 bits per heavy atom. The van der Waals surface area contributed by atoms with Gasteiger partial charge in [-0.3, -0.25) is 0 Å². The second-order valence-electron chi connectivity index (χ2n) is 4.18. The Morgan fingerprint density at radius 3 is 2.43 bits per heavy atom. The van der Waals surface area contributed by atoms with Gasteiger partial charge in [0.05, 0.1) is 5.02 Å². The van der Waals surface area contributed by atoms with Crippen molar-refractivity contribution in [2.45, 2.75) is 32.9 Å². The van der Waals surface area contributed by atoms with Crippen LogP contribution in [-0.2, 0) is 6.54 Å². The average molecular weight is 214 g/mol. The molecule has 0 bridgehead atoms. The summed E-state index contributed by atoms with van der Waals surface area (Å²) >= 11 is 6.03. The highest BCUT2D eigenvalue weighted by atomic mass is 35.5. The van der Waals surface area contributed by atoms with E-state index in [1.54, 1.807) is 0 Å². The van der Waals surface area contributed by atoms with Gasteiger partial charge in [-0.1, -0.05) is 17.7 Å². The molecule has 0 saturated heterocycles. The third-order valence-corrected chi connectivity index (χ3v) is 1.94. The van der Waals surface area contributed by atoms with Gasteiger partial charge in [-0.15, -0.1) is 0 Å². The Bertz CT molecular complexity index is 318. The first-order valence-electron chi connectivity index (χ1n) is 4.60. The molecule has 0 aliphatic carbocycles. The predicted octanol–water partition coefficient (Wildman–Crippen LogP) is 2.98. The molecule has 0 fully saturated rings. The quantitative estimate of drug-likeness (QED) is 0.820. The molecule has 0 radical (unpaired) electrons. The molecular weight excluding hydrogens is 198 g/mol. The predicted molar refractivity (Wildman–Crippen MR) is 59.7 cm³/mol. The van der Waals surface area contributed by atoms with Crippen molar-refractivity contribution >= 4 is 11.6 Å². The van der Waals surface area contributed by atoms with Crippen molar-refractivity contribution in [3.8, 4) is 5.75 Å². The van der Waals surface area contributed by atoms with Crippen LogP contribution < -0.4 is 10.5 Å². The highest BCUT2D eigenvalue weighted by Crippen LogP contribution is 2.28. The van der Waals surface area contributed by atoms with Crippen molar-refractivity contribution in [1.29, 1.82) is 0 Å². The van der Waals surface area contributed by atoms with E-state index in [0.717, 1.165) is 5.56 Å². The maximum absolute atomic E-state index is 6.03. The lowest BCUT2D eigenvalue weighted by Gasteiger charge is -2.22. The van der Waals surface area contributed by atoms with Crippen LogP contribution in [0.15, 0.2) is 18.2 Å². The minimum Gasteiger partial charge on any atom is -0.487 e. The maximum Gasteiger partial charge on any atom is 0.138 e. The Balaban J connectivity index is 2.89. The molecule has 2 nitrogen and oxygen atoms in total. The first-order chi connectivity index (χ1) is 6.42. The van der Waals surface area contributed by atoms with Crippen molar-refractivity contribution < 1.29 is 4.74 Å². The van der Waals surface area contributed by atoms with Crippen LogP contribution in [0.3, 0.4) is 0 Å². The van der Waals surface area contributed by atoms with E-state index in [2.05, 4.69) is 0 Å². The lowest BCUT2D eigenvalue weighted by Crippen LogP contribution is -2.23. The summed E-state index contributed by atoms with van der Waals surface area (Å²) in [4.78, 5) is 0. The van der Waals surface area contributed by atoms with Crippen molar-refractivity contribution in [3.63, 3.8) is 0 Å². The van der Waals surface area contributed by atoms with Gasteiger partial charge in [0.1, 0.15) is 11.4 Å². The molecule has 1 rings (SSSR count). The van der Waals surface area contributed by atoms with E-state index in [4.69, 9.17) is 22.1 Å². The number of hydrogen-bond acceptors (Lipinski definition) is 2. The molecule has 0 spiro atoms. The molecule has 14 heavy (non-hydrogen) atoms. The highest BCUT2D eigenvalue weighted by Gasteiger charge is 2.13. The van der Waals surface area contributed by atoms with Crippen LogP contribution >= 0.6 is 11.6 Å². The number of ether oxygens (including phenoxy) is 1. The summed E-state index contributed by atoms with van der Waals surface area (Å²) in [7, 11) is 0. The van der Waals surface area contributed by atoms with Crippen molar-refractivity contribution in [3.05, 3.63) is 28.8 Å². The zero-order chi connectivity index (χ0) is 10.8. The molecule has 3 heteroatoms. The van der Waals surface area contributed by atoms with E-state index in [-0.39, 0.29) is 5.60 Å². The third-order valence-electron chi connectivity index (χ3n) is 1.65. The Kier molecular flexibility index (Phi) is 3.40. The fourth-order valence-electron chi connectivity index (χ4n) is 1.08. The van der Waals surface area contributed by atoms with E-state index in [9.17, 15) is 0 Å². The lowest BCUT2D eigenvalue weighted by atomic mass is 10.1. The standard InChI is InChI=1S/C11H16ClNO/c1-11(2,3)14-10-5-4-8(7-13)6-9(10)12/h4-6H,7,13H2,1-3H3.